The fourth-order valence-corrected chi connectivity index (χ4v) is 4.94. The Morgan fingerprint density at radius 2 is 2.11 bits per heavy atom. The van der Waals surface area contributed by atoms with Crippen molar-refractivity contribution in [2.75, 3.05) is 23.7 Å². The molecule has 1 aliphatic heterocycles. The molecule has 1 saturated carbocycles. The molecular weight excluding hydrogens is 395 g/mol. The number of aromatic amines is 1. The number of rotatable bonds is 8. The Labute approximate surface area is 162 Å². The molecule has 1 aromatic heterocycles. The summed E-state index contributed by atoms with van der Waals surface area (Å²) in [7, 11) is -3.92. The average Bonchev–Trinajstić information content (AvgIpc) is 3.27. The molecule has 1 fully saturated rings. The quantitative estimate of drug-likeness (QED) is 0.565. The highest BCUT2D eigenvalue weighted by atomic mass is 32.2. The van der Waals surface area contributed by atoms with Crippen molar-refractivity contribution in [2.24, 2.45) is 16.8 Å². The molecule has 11 heteroatoms. The number of aromatic nitrogens is 1. The first-order valence-corrected chi connectivity index (χ1v) is 10.8. The van der Waals surface area contributed by atoms with Gasteiger partial charge in [-0.15, -0.1) is 0 Å². The lowest BCUT2D eigenvalue weighted by Gasteiger charge is -2.33. The Morgan fingerprint density at radius 3 is 2.82 bits per heavy atom. The molecule has 0 aromatic carbocycles. The van der Waals surface area contributed by atoms with E-state index in [1.54, 1.807) is 12.4 Å². The second-order valence-corrected chi connectivity index (χ2v) is 9.30. The van der Waals surface area contributed by atoms with Gasteiger partial charge in [0.25, 0.3) is 0 Å². The summed E-state index contributed by atoms with van der Waals surface area (Å²) >= 11 is 0. The summed E-state index contributed by atoms with van der Waals surface area (Å²) in [4.78, 5) is 9.46. The van der Waals surface area contributed by atoms with E-state index in [2.05, 4.69) is 19.6 Å². The summed E-state index contributed by atoms with van der Waals surface area (Å²) in [5, 5.41) is 7.63. The van der Waals surface area contributed by atoms with Gasteiger partial charge >= 0.3 is 6.18 Å². The van der Waals surface area contributed by atoms with E-state index in [0.29, 0.717) is 12.5 Å². The lowest BCUT2D eigenvalue weighted by atomic mass is 10.0. The molecule has 0 amide bonds. The van der Waals surface area contributed by atoms with Crippen LogP contribution in [0.2, 0.25) is 0 Å². The number of nitrogens with zero attached hydrogens (tertiary/aromatic N) is 2. The van der Waals surface area contributed by atoms with Gasteiger partial charge < -0.3 is 15.3 Å². The molecule has 1 aliphatic carbocycles. The Kier molecular flexibility index (Phi) is 6.13. The van der Waals surface area contributed by atoms with Crippen LogP contribution in [-0.4, -0.2) is 56.9 Å². The molecule has 0 spiro atoms. The van der Waals surface area contributed by atoms with Gasteiger partial charge in [0.2, 0.25) is 10.0 Å². The van der Waals surface area contributed by atoms with Gasteiger partial charge in [0.15, 0.2) is 5.82 Å². The molecule has 0 radical (unpaired) electrons. The summed E-state index contributed by atoms with van der Waals surface area (Å²) in [6, 6.07) is 1.70. The zero-order chi connectivity index (χ0) is 20.4. The summed E-state index contributed by atoms with van der Waals surface area (Å²) < 4.78 is 62.5. The predicted molar refractivity (Wildman–Crippen MR) is 102 cm³/mol. The third-order valence-corrected chi connectivity index (χ3v) is 6.60. The van der Waals surface area contributed by atoms with Gasteiger partial charge in [0.05, 0.1) is 23.9 Å². The van der Waals surface area contributed by atoms with Gasteiger partial charge in [0.1, 0.15) is 0 Å². The topological polar surface area (TPSA) is 101 Å². The van der Waals surface area contributed by atoms with Crippen LogP contribution >= 0.6 is 0 Å². The molecule has 7 nitrogen and oxygen atoms in total. The summed E-state index contributed by atoms with van der Waals surface area (Å²) in [6.45, 7) is 0.885. The number of sulfonamides is 1. The van der Waals surface area contributed by atoms with Crippen LogP contribution in [0.15, 0.2) is 17.3 Å². The predicted octanol–water partition coefficient (Wildman–Crippen LogP) is 2.84. The van der Waals surface area contributed by atoms with Crippen molar-refractivity contribution in [2.45, 2.75) is 37.9 Å². The molecule has 28 heavy (non-hydrogen) atoms. The highest BCUT2D eigenvalue weighted by Gasteiger charge is 2.32. The zero-order valence-electron chi connectivity index (χ0n) is 15.2. The van der Waals surface area contributed by atoms with E-state index in [9.17, 15) is 21.6 Å². The number of fused-ring (bicyclic) bond motifs is 1. The highest BCUT2D eigenvalue weighted by molar-refractivity contribution is 7.89. The van der Waals surface area contributed by atoms with E-state index in [1.165, 1.54) is 6.21 Å². The number of anilines is 1. The highest BCUT2D eigenvalue weighted by Crippen LogP contribution is 2.36. The Morgan fingerprint density at radius 1 is 1.36 bits per heavy atom. The van der Waals surface area contributed by atoms with E-state index in [1.807, 2.05) is 6.07 Å². The Hall–Kier alpha value is -1.88. The van der Waals surface area contributed by atoms with Crippen LogP contribution in [0.4, 0.5) is 24.7 Å². The fourth-order valence-electron chi connectivity index (χ4n) is 3.81. The largest absolute Gasteiger partial charge is 0.390 e. The van der Waals surface area contributed by atoms with Crippen LogP contribution in [0.5, 0.6) is 0 Å². The van der Waals surface area contributed by atoms with Crippen LogP contribution in [-0.2, 0) is 10.0 Å². The molecule has 0 saturated heterocycles. The number of hydrogen-bond acceptors (Lipinski definition) is 5. The van der Waals surface area contributed by atoms with Crippen molar-refractivity contribution in [3.8, 4) is 0 Å². The van der Waals surface area contributed by atoms with Crippen LogP contribution in [0.3, 0.4) is 0 Å². The number of hydrogen-bond donors (Lipinski definition) is 3. The van der Waals surface area contributed by atoms with Crippen molar-refractivity contribution >= 4 is 34.0 Å². The minimum atomic E-state index is -4.48. The molecule has 2 heterocycles. The van der Waals surface area contributed by atoms with Crippen molar-refractivity contribution < 1.29 is 21.6 Å². The third kappa shape index (κ3) is 5.34. The zero-order valence-corrected chi connectivity index (χ0v) is 16.1. The van der Waals surface area contributed by atoms with Gasteiger partial charge in [-0.25, -0.2) is 18.1 Å². The van der Waals surface area contributed by atoms with Crippen LogP contribution < -0.4 is 9.62 Å². The smallest absolute Gasteiger partial charge is 0.355 e. The van der Waals surface area contributed by atoms with Crippen LogP contribution in [0.25, 0.3) is 0 Å². The number of nitrogens with one attached hydrogen (secondary N) is 3. The van der Waals surface area contributed by atoms with Gasteiger partial charge in [-0.1, -0.05) is 0 Å². The molecule has 0 bridgehead atoms. The van der Waals surface area contributed by atoms with Crippen molar-refractivity contribution in [3.63, 3.8) is 0 Å². The fraction of sp³-hybridized carbons (Fsp3) is 0.647. The lowest BCUT2D eigenvalue weighted by molar-refractivity contribution is -0.129. The van der Waals surface area contributed by atoms with Gasteiger partial charge in [0, 0.05) is 31.7 Å². The van der Waals surface area contributed by atoms with Crippen LogP contribution in [0, 0.1) is 17.2 Å². The number of H-pyrrole nitrogens is 1. The molecule has 156 valence electrons. The first-order valence-electron chi connectivity index (χ1n) is 9.20. The molecule has 3 atom stereocenters. The SMILES string of the molecule is N=CC1C=Nc2[nH]ccc2N1CC1CCC(CNS(=O)(=O)CCC(F)(F)F)C1. The van der Waals surface area contributed by atoms with Gasteiger partial charge in [-0.05, 0) is 37.2 Å². The minimum absolute atomic E-state index is 0.105. The number of aliphatic imine (C=N–C) groups is 1. The molecule has 3 rings (SSSR count). The first kappa shape index (κ1) is 20.8. The number of halogens is 3. The van der Waals surface area contributed by atoms with Gasteiger partial charge in [-0.2, -0.15) is 13.2 Å². The van der Waals surface area contributed by atoms with Crippen molar-refractivity contribution in [1.82, 2.24) is 9.71 Å². The molecule has 2 aliphatic rings. The monoisotopic (exact) mass is 419 g/mol. The molecule has 3 unspecified atom stereocenters. The van der Waals surface area contributed by atoms with Crippen molar-refractivity contribution in [3.05, 3.63) is 12.3 Å². The number of alkyl halides is 3. The lowest BCUT2D eigenvalue weighted by Crippen LogP contribution is -2.42. The maximum Gasteiger partial charge on any atom is 0.390 e. The molecule has 3 N–H and O–H groups in total. The standard InChI is InChI=1S/C17H24F3N5O2S/c18-17(19,20)4-6-28(26,27)24-9-12-1-2-13(7-12)11-25-14(8-21)10-23-16-15(25)3-5-22-16/h3,5,8,10,12-14,21-22,24H,1-2,4,6-7,9,11H2. The first-order chi connectivity index (χ1) is 13.2. The second kappa shape index (κ2) is 8.24. The normalized spacial score (nSPS) is 25.1. The summed E-state index contributed by atoms with van der Waals surface area (Å²) in [5.74, 6) is 0.247. The van der Waals surface area contributed by atoms with Gasteiger partial charge in [-0.3, -0.25) is 0 Å². The Balaban J connectivity index is 1.50. The van der Waals surface area contributed by atoms with E-state index in [-0.39, 0.29) is 18.5 Å². The summed E-state index contributed by atoms with van der Waals surface area (Å²) in [5.41, 5.74) is 0.937. The van der Waals surface area contributed by atoms with E-state index in [4.69, 9.17) is 5.41 Å². The van der Waals surface area contributed by atoms with E-state index < -0.39 is 28.4 Å². The third-order valence-electron chi connectivity index (χ3n) is 5.25. The van der Waals surface area contributed by atoms with Crippen molar-refractivity contribution in [1.29, 1.82) is 5.41 Å². The second-order valence-electron chi connectivity index (χ2n) is 7.38. The maximum atomic E-state index is 12.2. The minimum Gasteiger partial charge on any atom is -0.355 e. The molecule has 1 aromatic rings. The maximum absolute atomic E-state index is 12.2. The van der Waals surface area contributed by atoms with E-state index >= 15 is 0 Å². The Bertz CT molecular complexity index is 821. The average molecular weight is 419 g/mol. The van der Waals surface area contributed by atoms with E-state index in [0.717, 1.165) is 30.8 Å². The van der Waals surface area contributed by atoms with Crippen LogP contribution in [0.1, 0.15) is 25.7 Å². The molecular formula is C17H24F3N5O2S. The summed E-state index contributed by atoms with van der Waals surface area (Å²) in [6.07, 6.45) is 1.56.